The number of ether oxygens (including phenoxy) is 2. The van der Waals surface area contributed by atoms with E-state index in [0.29, 0.717) is 0 Å². The fourth-order valence-corrected chi connectivity index (χ4v) is 3.89. The minimum atomic E-state index is -0.172. The van der Waals surface area contributed by atoms with Gasteiger partial charge in [-0.15, -0.1) is 0 Å². The third kappa shape index (κ3) is 5.14. The van der Waals surface area contributed by atoms with Crippen LogP contribution in [0.25, 0.3) is 0 Å². The summed E-state index contributed by atoms with van der Waals surface area (Å²) < 4.78 is 11.3. The molecule has 2 aliphatic rings. The van der Waals surface area contributed by atoms with Gasteiger partial charge in [-0.2, -0.15) is 0 Å². The minimum absolute atomic E-state index is 0.172. The largest absolute Gasteiger partial charge is 0.381 e. The molecule has 27 heavy (non-hydrogen) atoms. The Hall–Kier alpha value is -1.79. The first-order chi connectivity index (χ1) is 13.2. The predicted molar refractivity (Wildman–Crippen MR) is 111 cm³/mol. The Kier molecular flexibility index (Phi) is 6.96. The van der Waals surface area contributed by atoms with Gasteiger partial charge in [0.05, 0.1) is 11.6 Å². The van der Waals surface area contributed by atoms with Crippen molar-refractivity contribution in [1.29, 1.82) is 0 Å². The van der Waals surface area contributed by atoms with Crippen LogP contribution >= 0.6 is 0 Å². The summed E-state index contributed by atoms with van der Waals surface area (Å²) in [6, 6.07) is 9.01. The normalized spacial score (nSPS) is 21.1. The van der Waals surface area contributed by atoms with Crippen molar-refractivity contribution in [2.75, 3.05) is 51.9 Å². The van der Waals surface area contributed by atoms with Crippen molar-refractivity contribution in [2.24, 2.45) is 4.99 Å². The van der Waals surface area contributed by atoms with Crippen molar-refractivity contribution in [1.82, 2.24) is 10.6 Å². The summed E-state index contributed by atoms with van der Waals surface area (Å²) >= 11 is 0. The van der Waals surface area contributed by atoms with Crippen LogP contribution in [0.2, 0.25) is 0 Å². The van der Waals surface area contributed by atoms with Gasteiger partial charge in [-0.25, -0.2) is 0 Å². The molecule has 2 aliphatic heterocycles. The van der Waals surface area contributed by atoms with E-state index in [1.54, 1.807) is 7.11 Å². The van der Waals surface area contributed by atoms with Gasteiger partial charge in [-0.1, -0.05) is 12.1 Å². The Morgan fingerprint density at radius 2 is 2.04 bits per heavy atom. The highest BCUT2D eigenvalue weighted by Gasteiger charge is 2.32. The monoisotopic (exact) mass is 374 g/mol. The summed E-state index contributed by atoms with van der Waals surface area (Å²) in [6.45, 7) is 6.74. The van der Waals surface area contributed by atoms with Gasteiger partial charge in [0, 0.05) is 65.5 Å². The Morgan fingerprint density at radius 1 is 1.30 bits per heavy atom. The maximum atomic E-state index is 5.81. The first-order valence-corrected chi connectivity index (χ1v) is 10.1. The highest BCUT2D eigenvalue weighted by Crippen LogP contribution is 2.25. The van der Waals surface area contributed by atoms with Crippen LogP contribution in [0.15, 0.2) is 29.3 Å². The molecule has 2 fully saturated rings. The van der Waals surface area contributed by atoms with Crippen LogP contribution in [0, 0.1) is 0 Å². The molecular formula is C21H34N4O2. The second-order valence-corrected chi connectivity index (χ2v) is 7.58. The molecule has 0 radical (unpaired) electrons. The Bertz CT molecular complexity index is 622. The van der Waals surface area contributed by atoms with Crippen LogP contribution < -0.4 is 15.5 Å². The van der Waals surface area contributed by atoms with E-state index in [2.05, 4.69) is 51.7 Å². The number of hydrogen-bond donors (Lipinski definition) is 2. The maximum absolute atomic E-state index is 5.81. The number of aliphatic imine (C=N–C) groups is 1. The lowest BCUT2D eigenvalue weighted by Gasteiger charge is -2.36. The molecule has 6 nitrogen and oxygen atoms in total. The molecule has 1 unspecified atom stereocenters. The number of nitrogens with zero attached hydrogens (tertiary/aromatic N) is 2. The van der Waals surface area contributed by atoms with E-state index >= 15 is 0 Å². The van der Waals surface area contributed by atoms with Gasteiger partial charge in [0.15, 0.2) is 5.96 Å². The fourth-order valence-electron chi connectivity index (χ4n) is 3.89. The molecule has 0 bridgehead atoms. The van der Waals surface area contributed by atoms with Crippen LogP contribution in [0.1, 0.15) is 44.2 Å². The molecule has 0 aliphatic carbocycles. The van der Waals surface area contributed by atoms with Crippen LogP contribution in [-0.4, -0.2) is 58.6 Å². The molecule has 2 N–H and O–H groups in total. The fraction of sp³-hybridized carbons (Fsp3) is 0.667. The van der Waals surface area contributed by atoms with Crippen molar-refractivity contribution >= 4 is 11.6 Å². The molecule has 1 aromatic rings. The highest BCUT2D eigenvalue weighted by atomic mass is 16.5. The van der Waals surface area contributed by atoms with Gasteiger partial charge in [0.2, 0.25) is 0 Å². The topological polar surface area (TPSA) is 58.1 Å². The maximum Gasteiger partial charge on any atom is 0.191 e. The van der Waals surface area contributed by atoms with E-state index in [1.165, 1.54) is 24.1 Å². The molecule has 0 amide bonds. The van der Waals surface area contributed by atoms with Crippen molar-refractivity contribution in [3.05, 3.63) is 29.8 Å². The first-order valence-electron chi connectivity index (χ1n) is 10.1. The Morgan fingerprint density at radius 3 is 2.70 bits per heavy atom. The van der Waals surface area contributed by atoms with Gasteiger partial charge in [-0.05, 0) is 37.5 Å². The average molecular weight is 375 g/mol. The lowest BCUT2D eigenvalue weighted by atomic mass is 9.94. The van der Waals surface area contributed by atoms with Gasteiger partial charge in [0.25, 0.3) is 0 Å². The predicted octanol–water partition coefficient (Wildman–Crippen LogP) is 2.71. The summed E-state index contributed by atoms with van der Waals surface area (Å²) in [5.41, 5.74) is 2.42. The molecular weight excluding hydrogens is 340 g/mol. The van der Waals surface area contributed by atoms with E-state index in [-0.39, 0.29) is 11.6 Å². The molecule has 2 heterocycles. The van der Waals surface area contributed by atoms with Crippen LogP contribution in [0.3, 0.4) is 0 Å². The highest BCUT2D eigenvalue weighted by molar-refractivity contribution is 5.80. The third-order valence-corrected chi connectivity index (χ3v) is 5.83. The molecule has 3 rings (SSSR count). The average Bonchev–Trinajstić information content (AvgIpc) is 3.26. The molecule has 0 saturated carbocycles. The van der Waals surface area contributed by atoms with Gasteiger partial charge < -0.3 is 25.0 Å². The lowest BCUT2D eigenvalue weighted by molar-refractivity contribution is -0.0855. The minimum Gasteiger partial charge on any atom is -0.381 e. The summed E-state index contributed by atoms with van der Waals surface area (Å²) in [5.74, 6) is 0.803. The first kappa shape index (κ1) is 20.0. The van der Waals surface area contributed by atoms with Crippen LogP contribution in [-0.2, 0) is 9.47 Å². The molecule has 0 spiro atoms. The Labute approximate surface area is 163 Å². The summed E-state index contributed by atoms with van der Waals surface area (Å²) in [7, 11) is 3.60. The van der Waals surface area contributed by atoms with E-state index < -0.39 is 0 Å². The van der Waals surface area contributed by atoms with Gasteiger partial charge in [-0.3, -0.25) is 4.99 Å². The standard InChI is InChI=1S/C21H34N4O2/c1-17(18-7-6-8-19(15-18)25-11-4-5-12-25)24-20(22-2)23-16-21(26-3)9-13-27-14-10-21/h6-8,15,17H,4-5,9-14,16H2,1-3H3,(H2,22,23,24). The van der Waals surface area contributed by atoms with Gasteiger partial charge >= 0.3 is 0 Å². The summed E-state index contributed by atoms with van der Waals surface area (Å²) in [4.78, 5) is 6.87. The second-order valence-electron chi connectivity index (χ2n) is 7.58. The van der Waals surface area contributed by atoms with E-state index in [9.17, 15) is 0 Å². The smallest absolute Gasteiger partial charge is 0.191 e. The lowest BCUT2D eigenvalue weighted by Crippen LogP contribution is -2.51. The summed E-state index contributed by atoms with van der Waals surface area (Å²) in [5, 5.41) is 6.96. The van der Waals surface area contributed by atoms with Crippen molar-refractivity contribution < 1.29 is 9.47 Å². The molecule has 0 aromatic heterocycles. The van der Waals surface area contributed by atoms with E-state index in [4.69, 9.17) is 9.47 Å². The van der Waals surface area contributed by atoms with E-state index in [1.807, 2.05) is 7.05 Å². The zero-order valence-corrected chi connectivity index (χ0v) is 17.0. The molecule has 2 saturated heterocycles. The number of rotatable bonds is 6. The summed E-state index contributed by atoms with van der Waals surface area (Å²) in [6.07, 6.45) is 4.39. The van der Waals surface area contributed by atoms with Crippen LogP contribution in [0.5, 0.6) is 0 Å². The third-order valence-electron chi connectivity index (χ3n) is 5.83. The second kappa shape index (κ2) is 9.42. The number of hydrogen-bond acceptors (Lipinski definition) is 4. The Balaban J connectivity index is 1.58. The van der Waals surface area contributed by atoms with Gasteiger partial charge in [0.1, 0.15) is 0 Å². The van der Waals surface area contributed by atoms with Crippen molar-refractivity contribution in [3.63, 3.8) is 0 Å². The number of guanidine groups is 1. The number of benzene rings is 1. The quantitative estimate of drug-likeness (QED) is 0.592. The number of methoxy groups -OCH3 is 1. The van der Waals surface area contributed by atoms with Crippen molar-refractivity contribution in [2.45, 2.75) is 44.2 Å². The molecule has 6 heteroatoms. The number of anilines is 1. The zero-order valence-electron chi connectivity index (χ0n) is 17.0. The molecule has 1 atom stereocenters. The number of nitrogens with one attached hydrogen (secondary N) is 2. The van der Waals surface area contributed by atoms with Crippen LogP contribution in [0.4, 0.5) is 5.69 Å². The van der Waals surface area contributed by atoms with E-state index in [0.717, 1.165) is 51.6 Å². The zero-order chi connectivity index (χ0) is 19.1. The molecule has 1 aromatic carbocycles. The molecule has 150 valence electrons. The SMILES string of the molecule is CN=C(NCC1(OC)CCOCC1)NC(C)c1cccc(N2CCCC2)c1. The van der Waals surface area contributed by atoms with Crippen molar-refractivity contribution in [3.8, 4) is 0 Å².